The molecule has 0 saturated carbocycles. The minimum atomic E-state index is 0.238. The topological polar surface area (TPSA) is 35.5 Å². The molecule has 0 aliphatic rings. The normalized spacial score (nSPS) is 13.0. The Labute approximate surface area is 177 Å². The molecule has 28 heavy (non-hydrogen) atoms. The molecule has 2 N–H and O–H groups in total. The molecule has 0 spiro atoms. The summed E-state index contributed by atoms with van der Waals surface area (Å²) in [5.41, 5.74) is 0. The van der Waals surface area contributed by atoms with Crippen LogP contribution in [0.3, 0.4) is 0 Å². The quantitative estimate of drug-likeness (QED) is 0.166. The second-order valence-corrected chi connectivity index (χ2v) is 8.61. The van der Waals surface area contributed by atoms with Gasteiger partial charge in [-0.25, -0.2) is 0 Å². The van der Waals surface area contributed by atoms with Crippen LogP contribution in [0.5, 0.6) is 0 Å². The Balaban J connectivity index is 3.37. The third-order valence-electron chi connectivity index (χ3n) is 5.72. The zero-order chi connectivity index (χ0) is 20.7. The third-order valence-corrected chi connectivity index (χ3v) is 5.72. The van der Waals surface area contributed by atoms with Crippen LogP contribution in [0.15, 0.2) is 12.2 Å². The van der Waals surface area contributed by atoms with Gasteiger partial charge in [-0.1, -0.05) is 83.3 Å². The highest BCUT2D eigenvalue weighted by molar-refractivity contribution is 4.81. The second-order valence-electron chi connectivity index (χ2n) is 8.61. The van der Waals surface area contributed by atoms with E-state index in [0.29, 0.717) is 12.6 Å². The first-order chi connectivity index (χ1) is 13.7. The maximum Gasteiger partial charge on any atom is 0.0555 e. The first-order valence-electron chi connectivity index (χ1n) is 12.3. The Morgan fingerprint density at radius 2 is 1.25 bits per heavy atom. The third kappa shape index (κ3) is 20.4. The van der Waals surface area contributed by atoms with Crippen LogP contribution < -0.4 is 5.32 Å². The summed E-state index contributed by atoms with van der Waals surface area (Å²) in [5.74, 6) is 0. The van der Waals surface area contributed by atoms with Gasteiger partial charge in [0.25, 0.3) is 0 Å². The monoisotopic (exact) mass is 396 g/mol. The van der Waals surface area contributed by atoms with Gasteiger partial charge in [-0.2, -0.15) is 0 Å². The summed E-state index contributed by atoms with van der Waals surface area (Å²) in [6.45, 7) is 4.25. The number of nitrogens with one attached hydrogen (secondary N) is 1. The van der Waals surface area contributed by atoms with E-state index in [2.05, 4.69) is 43.4 Å². The van der Waals surface area contributed by atoms with Gasteiger partial charge in [-0.3, -0.25) is 0 Å². The van der Waals surface area contributed by atoms with E-state index in [9.17, 15) is 0 Å². The van der Waals surface area contributed by atoms with Crippen molar-refractivity contribution in [2.24, 2.45) is 0 Å². The number of nitrogens with zero attached hydrogens (tertiary/aromatic N) is 1. The van der Waals surface area contributed by atoms with E-state index >= 15 is 0 Å². The standard InChI is InChI=1S/C25H52N2O/c1-4-5-6-7-8-9-10-11-12-13-14-15-16-17-18-19-20-25(27(2)3)21-22-26-23-24-28/h11-12,25-26,28H,4-10,13-24H2,1-3H3/b12-11-. The molecule has 1 unspecified atom stereocenters. The summed E-state index contributed by atoms with van der Waals surface area (Å²) < 4.78 is 0. The van der Waals surface area contributed by atoms with Crippen molar-refractivity contribution in [3.63, 3.8) is 0 Å². The minimum absolute atomic E-state index is 0.238. The van der Waals surface area contributed by atoms with E-state index in [0.717, 1.165) is 6.54 Å². The van der Waals surface area contributed by atoms with Gasteiger partial charge in [0.15, 0.2) is 0 Å². The lowest BCUT2D eigenvalue weighted by Gasteiger charge is -2.24. The molecule has 0 amide bonds. The lowest BCUT2D eigenvalue weighted by Crippen LogP contribution is -2.32. The van der Waals surface area contributed by atoms with Crippen LogP contribution in [0, 0.1) is 0 Å². The molecule has 0 saturated heterocycles. The number of hydrogen-bond donors (Lipinski definition) is 2. The molecule has 3 nitrogen and oxygen atoms in total. The van der Waals surface area contributed by atoms with Crippen molar-refractivity contribution < 1.29 is 5.11 Å². The Bertz CT molecular complexity index is 318. The molecule has 1 atom stereocenters. The van der Waals surface area contributed by atoms with Crippen LogP contribution in [0.4, 0.5) is 0 Å². The van der Waals surface area contributed by atoms with Gasteiger partial charge in [0.1, 0.15) is 0 Å². The van der Waals surface area contributed by atoms with E-state index in [1.165, 1.54) is 103 Å². The van der Waals surface area contributed by atoms with Crippen molar-refractivity contribution in [2.45, 2.75) is 116 Å². The van der Waals surface area contributed by atoms with Gasteiger partial charge in [0.05, 0.1) is 6.61 Å². The van der Waals surface area contributed by atoms with Crippen LogP contribution in [0.25, 0.3) is 0 Å². The smallest absolute Gasteiger partial charge is 0.0555 e. The number of rotatable bonds is 22. The van der Waals surface area contributed by atoms with Crippen molar-refractivity contribution in [1.82, 2.24) is 10.2 Å². The molecule has 3 heteroatoms. The Morgan fingerprint density at radius 1 is 0.714 bits per heavy atom. The molecule has 0 bridgehead atoms. The molecular formula is C25H52N2O. The van der Waals surface area contributed by atoms with Gasteiger partial charge < -0.3 is 15.3 Å². The zero-order valence-corrected chi connectivity index (χ0v) is 19.6. The van der Waals surface area contributed by atoms with E-state index in [1.54, 1.807) is 0 Å². The SMILES string of the molecule is CCCCCCCC/C=C\CCCCCCCCC(CCNCCO)N(C)C. The van der Waals surface area contributed by atoms with Crippen LogP contribution in [0.2, 0.25) is 0 Å². The van der Waals surface area contributed by atoms with Crippen LogP contribution in [-0.2, 0) is 0 Å². The number of aliphatic hydroxyl groups excluding tert-OH is 1. The summed E-state index contributed by atoms with van der Waals surface area (Å²) in [5, 5.41) is 12.1. The van der Waals surface area contributed by atoms with Gasteiger partial charge in [-0.05, 0) is 59.2 Å². The summed E-state index contributed by atoms with van der Waals surface area (Å²) >= 11 is 0. The van der Waals surface area contributed by atoms with Crippen molar-refractivity contribution in [2.75, 3.05) is 33.8 Å². The highest BCUT2D eigenvalue weighted by atomic mass is 16.3. The number of hydrogen-bond acceptors (Lipinski definition) is 3. The highest BCUT2D eigenvalue weighted by Gasteiger charge is 2.10. The second kappa shape index (κ2) is 22.9. The van der Waals surface area contributed by atoms with Gasteiger partial charge >= 0.3 is 0 Å². The van der Waals surface area contributed by atoms with E-state index < -0.39 is 0 Å². The fourth-order valence-electron chi connectivity index (χ4n) is 3.76. The number of aliphatic hydroxyl groups is 1. The fourth-order valence-corrected chi connectivity index (χ4v) is 3.76. The van der Waals surface area contributed by atoms with Gasteiger partial charge in [-0.15, -0.1) is 0 Å². The van der Waals surface area contributed by atoms with Gasteiger partial charge in [0.2, 0.25) is 0 Å². The average Bonchev–Trinajstić information content (AvgIpc) is 2.69. The predicted octanol–water partition coefficient (Wildman–Crippen LogP) is 6.32. The molecule has 0 aromatic rings. The Kier molecular flexibility index (Phi) is 22.6. The summed E-state index contributed by atoms with van der Waals surface area (Å²) in [4.78, 5) is 2.36. The molecule has 0 fully saturated rings. The fraction of sp³-hybridized carbons (Fsp3) is 0.920. The van der Waals surface area contributed by atoms with E-state index in [4.69, 9.17) is 5.11 Å². The number of allylic oxidation sites excluding steroid dienone is 2. The maximum absolute atomic E-state index is 8.82. The van der Waals surface area contributed by atoms with Crippen molar-refractivity contribution in [3.05, 3.63) is 12.2 Å². The molecule has 168 valence electrons. The molecule has 0 heterocycles. The van der Waals surface area contributed by atoms with Crippen molar-refractivity contribution in [1.29, 1.82) is 0 Å². The lowest BCUT2D eigenvalue weighted by molar-refractivity contribution is 0.249. The lowest BCUT2D eigenvalue weighted by atomic mass is 10.0. The summed E-state index contributed by atoms with van der Waals surface area (Å²) in [6, 6.07) is 0.669. The number of unbranched alkanes of at least 4 members (excludes halogenated alkanes) is 12. The Hall–Kier alpha value is -0.380. The van der Waals surface area contributed by atoms with Crippen LogP contribution in [0.1, 0.15) is 110 Å². The minimum Gasteiger partial charge on any atom is -0.395 e. The Morgan fingerprint density at radius 3 is 1.79 bits per heavy atom. The average molecular weight is 397 g/mol. The van der Waals surface area contributed by atoms with Crippen LogP contribution in [-0.4, -0.2) is 49.8 Å². The molecule has 0 radical (unpaired) electrons. The van der Waals surface area contributed by atoms with Crippen molar-refractivity contribution >= 4 is 0 Å². The summed E-state index contributed by atoms with van der Waals surface area (Å²) in [6.07, 6.45) is 26.6. The summed E-state index contributed by atoms with van der Waals surface area (Å²) in [7, 11) is 4.38. The zero-order valence-electron chi connectivity index (χ0n) is 19.6. The van der Waals surface area contributed by atoms with E-state index in [-0.39, 0.29) is 6.61 Å². The first-order valence-corrected chi connectivity index (χ1v) is 12.3. The molecule has 0 aromatic heterocycles. The molecule has 0 aromatic carbocycles. The first kappa shape index (κ1) is 27.6. The van der Waals surface area contributed by atoms with E-state index in [1.807, 2.05) is 0 Å². The van der Waals surface area contributed by atoms with Crippen LogP contribution >= 0.6 is 0 Å². The largest absolute Gasteiger partial charge is 0.395 e. The molecule has 0 rings (SSSR count). The highest BCUT2D eigenvalue weighted by Crippen LogP contribution is 2.14. The predicted molar refractivity (Wildman–Crippen MR) is 126 cm³/mol. The van der Waals surface area contributed by atoms with Crippen molar-refractivity contribution in [3.8, 4) is 0 Å². The molecular weight excluding hydrogens is 344 g/mol. The van der Waals surface area contributed by atoms with Gasteiger partial charge in [0, 0.05) is 12.6 Å². The maximum atomic E-state index is 8.82. The molecule has 0 aliphatic carbocycles. The molecule has 0 aliphatic heterocycles.